The zero-order chi connectivity index (χ0) is 102. The summed E-state index contributed by atoms with van der Waals surface area (Å²) in [6.45, 7) is -4.15. The van der Waals surface area contributed by atoms with E-state index in [2.05, 4.69) is 16.0 Å². The van der Waals surface area contributed by atoms with Gasteiger partial charge in [0.15, 0.2) is 75.5 Å². The van der Waals surface area contributed by atoms with Crippen LogP contribution in [0, 0.1) is 0 Å². The first-order valence-electron chi connectivity index (χ1n) is 44.8. The van der Waals surface area contributed by atoms with Gasteiger partial charge in [-0.2, -0.15) is 0 Å². The Hall–Kier alpha value is -3.79. The maximum absolute atomic E-state index is 13.7. The Morgan fingerprint density at radius 2 is 0.424 bits per heavy atom. The maximum atomic E-state index is 13.7. The van der Waals surface area contributed by atoms with Gasteiger partial charge < -0.3 is 288 Å². The molecular weight excluding hydrogens is 1910 g/mol. The number of carbonyl (C=O) groups excluding carboxylic acids is 3. The zero-order valence-corrected chi connectivity index (χ0v) is 74.9. The number of hydrogen-bond acceptors (Lipinski definition) is 58. The lowest BCUT2D eigenvalue weighted by molar-refractivity contribution is -0.399. The normalized spacial score (nSPS) is 51.8. The molecule has 12 aliphatic rings. The SMILES string of the molecule is CC(=O)N[C@H]1[C@@H](OC[C@@H]2O[C@@H](OC[C@H]3O[C@H](O)[C@@H](O)[C@H](O[C@H]4O[C@H](CO)[C@@H](O)[C@H](O)[C@@H]4O[C@H]4O[C@H](CO)[C@@H](O[C@H]5O[C@@H](CO)[C@@H](O)[C@H](O)[C@H]5O)[C@@H](O[C@H]5O[C@H](C)[C@H](O)[C@@H](O)[C@@H]5O)[C@H]4NC(C)=O)[C@@H]3O)[C@@H](O[C@H]3O[C@@H](CO)[C@H](O[C@H]4O[C@@H](CO)[C@@H](O)[C@H](O)[C@H]4O)[C@H](O[C@H]4O[C@H](C)[C@H](O)[C@@H](O)[C@H]4O)[C@H]3NC(C)=O)[C@@H](O)[C@H]2O)O[C@@H](CO)[C@H](O[C@H]2O[C@@H](CO)[C@@H](O)[C@H](O)[C@H]2O)[C@@H]1O[C@H]1O[C@H](C)[C@H](O)[C@@H](O)[C@@H]1O. The lowest BCUT2D eigenvalue weighted by atomic mass is 9.93. The highest BCUT2D eigenvalue weighted by Crippen LogP contribution is 2.43. The van der Waals surface area contributed by atoms with Gasteiger partial charge in [-0.05, 0) is 20.8 Å². The van der Waals surface area contributed by atoms with Crippen LogP contribution in [0.5, 0.6) is 0 Å². The largest absolute Gasteiger partial charge is 0.394 e. The van der Waals surface area contributed by atoms with Crippen molar-refractivity contribution in [3.63, 3.8) is 0 Å². The minimum atomic E-state index is -2.61. The van der Waals surface area contributed by atoms with Gasteiger partial charge in [-0.25, -0.2) is 0 Å². The highest BCUT2D eigenvalue weighted by molar-refractivity contribution is 5.74. The lowest BCUT2D eigenvalue weighted by Gasteiger charge is -2.52. The molecule has 12 rings (SSSR count). The van der Waals surface area contributed by atoms with Gasteiger partial charge in [-0.1, -0.05) is 0 Å². The molecule has 0 saturated carbocycles. The van der Waals surface area contributed by atoms with E-state index in [1.54, 1.807) is 0 Å². The van der Waals surface area contributed by atoms with E-state index < -0.39 is 445 Å². The number of hydrogen-bond donors (Lipinski definition) is 35. The summed E-state index contributed by atoms with van der Waals surface area (Å²) >= 11 is 0. The van der Waals surface area contributed by atoms with Crippen molar-refractivity contribution < 1.29 is 287 Å². The van der Waals surface area contributed by atoms with Crippen LogP contribution in [0.3, 0.4) is 0 Å². The Morgan fingerprint density at radius 3 is 0.741 bits per heavy atom. The standard InChI is InChI=1S/C78H131N3O58/c1-16-34(92)43(101)51(109)71(119-16)134-61-31(79-19(4)89)68(127-26(11-86)58(61)131-74-54(112)46(104)37(95)22(7-82)123-74)117-14-29-41(99)50(108)65(138-69-32(80-20(5)90)62(135-72-52(110)44(102)35(93)17(2)120-72)59(27(12-87)128-69)132-75-55(113)47(105)38(96)23(8-83)124-75)77(130-29)118-15-30-42(100)64(57(115)67(116)122-30)137-78-66(49(107)40(98)25(10-85)126-78)139-70-33(81-21(6)91)63(136-73-53(111)45(103)36(94)18(3)121-73)60(28(13-88)129-70)133-76-56(114)48(106)39(97)24(9-84)125-76/h16-18,22-78,82-88,92-116H,7-15H2,1-6H3,(H,79,89)(H,80,90)(H,81,91)/t16-,17-,18-,22+,23+,24+,25-,26+,27+,28-,29+,30-,31-,32-,33-,34+,35+,36+,37-,38-,39-,40-,41+,42-,43-,44-,45-,46+,47+,48+,49+,50+,51+,52-,53+,54-,55-,56-,57+,58+,59+,60-,61-,62-,63+,64-,65+,66+,67+,68+,69-,70-,71-,72-,73-,74-,75-,76-,77-,78-/m1/s1. The number of rotatable bonds is 34. The Kier molecular flexibility index (Phi) is 40.3. The highest BCUT2D eigenvalue weighted by atomic mass is 16.8. The molecule has 3 amide bonds. The molecule has 60 atom stereocenters. The second-order valence-electron chi connectivity index (χ2n) is 35.8. The van der Waals surface area contributed by atoms with Gasteiger partial charge in [0, 0.05) is 20.8 Å². The highest BCUT2D eigenvalue weighted by Gasteiger charge is 2.64. The van der Waals surface area contributed by atoms with E-state index >= 15 is 0 Å². The number of nitrogens with one attached hydrogen (secondary N) is 3. The number of aliphatic hydroxyl groups is 32. The van der Waals surface area contributed by atoms with Crippen LogP contribution in [-0.2, 0) is 123 Å². The van der Waals surface area contributed by atoms with Gasteiger partial charge in [-0.3, -0.25) is 14.4 Å². The number of ether oxygens (including phenoxy) is 23. The van der Waals surface area contributed by atoms with E-state index in [4.69, 9.17) is 109 Å². The van der Waals surface area contributed by atoms with Crippen LogP contribution in [-0.4, -0.2) is 609 Å². The number of amides is 3. The summed E-state index contributed by atoms with van der Waals surface area (Å²) in [7, 11) is 0. The van der Waals surface area contributed by atoms with E-state index in [1.807, 2.05) is 0 Å². The molecule has 0 radical (unpaired) electrons. The Balaban J connectivity index is 0.890. The van der Waals surface area contributed by atoms with Crippen LogP contribution in [0.2, 0.25) is 0 Å². The third-order valence-electron chi connectivity index (χ3n) is 26.2. The predicted octanol–water partition coefficient (Wildman–Crippen LogP) is -23.6. The molecule has 806 valence electrons. The van der Waals surface area contributed by atoms with E-state index in [9.17, 15) is 178 Å². The second-order valence-corrected chi connectivity index (χ2v) is 35.8. The monoisotopic (exact) mass is 2040 g/mol. The smallest absolute Gasteiger partial charge is 0.217 e. The average Bonchev–Trinajstić information content (AvgIpc) is 0.757. The molecule has 61 nitrogen and oxygen atoms in total. The summed E-state index contributed by atoms with van der Waals surface area (Å²) in [5.74, 6) is -3.08. The van der Waals surface area contributed by atoms with Crippen LogP contribution in [0.15, 0.2) is 0 Å². The van der Waals surface area contributed by atoms with Gasteiger partial charge in [0.2, 0.25) is 17.7 Å². The van der Waals surface area contributed by atoms with Crippen molar-refractivity contribution in [1.82, 2.24) is 16.0 Å². The van der Waals surface area contributed by atoms with Gasteiger partial charge in [0.25, 0.3) is 0 Å². The predicted molar refractivity (Wildman–Crippen MR) is 426 cm³/mol. The summed E-state index contributed by atoms with van der Waals surface area (Å²) in [6, 6.07) is -6.13. The fraction of sp³-hybridized carbons (Fsp3) is 0.962. The van der Waals surface area contributed by atoms with Crippen LogP contribution >= 0.6 is 0 Å². The fourth-order valence-corrected chi connectivity index (χ4v) is 18.2. The molecule has 12 saturated heterocycles. The number of aliphatic hydroxyl groups excluding tert-OH is 32. The van der Waals surface area contributed by atoms with Crippen LogP contribution in [0.1, 0.15) is 41.5 Å². The molecule has 0 aliphatic carbocycles. The fourth-order valence-electron chi connectivity index (χ4n) is 18.2. The molecule has 0 bridgehead atoms. The molecule has 35 N–H and O–H groups in total. The van der Waals surface area contributed by atoms with E-state index in [1.165, 1.54) is 20.8 Å². The number of carbonyl (C=O) groups is 3. The maximum Gasteiger partial charge on any atom is 0.217 e. The van der Waals surface area contributed by atoms with Crippen molar-refractivity contribution in [2.24, 2.45) is 0 Å². The first-order valence-corrected chi connectivity index (χ1v) is 44.8. The second kappa shape index (κ2) is 49.1. The quantitative estimate of drug-likeness (QED) is 0.0284. The van der Waals surface area contributed by atoms with E-state index in [0.717, 1.165) is 20.8 Å². The van der Waals surface area contributed by atoms with Crippen LogP contribution < -0.4 is 16.0 Å². The van der Waals surface area contributed by atoms with Crippen molar-refractivity contribution in [1.29, 1.82) is 0 Å². The minimum Gasteiger partial charge on any atom is -0.394 e. The molecule has 12 aliphatic heterocycles. The van der Waals surface area contributed by atoms with Crippen molar-refractivity contribution >= 4 is 17.7 Å². The van der Waals surface area contributed by atoms with Gasteiger partial charge >= 0.3 is 0 Å². The molecule has 61 heteroatoms. The molecule has 0 unspecified atom stereocenters. The third kappa shape index (κ3) is 24.7. The molecule has 12 heterocycles. The summed E-state index contributed by atoms with van der Waals surface area (Å²) < 4.78 is 139. The molecular formula is C78H131N3O58. The van der Waals surface area contributed by atoms with Crippen molar-refractivity contribution in [3.8, 4) is 0 Å². The Bertz CT molecular complexity index is 3800. The van der Waals surface area contributed by atoms with Crippen LogP contribution in [0.25, 0.3) is 0 Å². The molecule has 0 aromatic rings. The first-order chi connectivity index (χ1) is 65.7. The summed E-state index contributed by atoms with van der Waals surface area (Å²) in [5, 5.41) is 365. The molecule has 139 heavy (non-hydrogen) atoms. The van der Waals surface area contributed by atoms with Gasteiger partial charge in [0.1, 0.15) is 274 Å². The molecule has 0 aromatic heterocycles. The molecule has 0 spiro atoms. The zero-order valence-electron chi connectivity index (χ0n) is 74.9. The Labute approximate surface area is 787 Å². The molecule has 12 fully saturated rings. The van der Waals surface area contributed by atoms with Crippen molar-refractivity contribution in [3.05, 3.63) is 0 Å². The van der Waals surface area contributed by atoms with Crippen molar-refractivity contribution in [2.45, 2.75) is 410 Å². The van der Waals surface area contributed by atoms with Crippen LogP contribution in [0.4, 0.5) is 0 Å². The first kappa shape index (κ1) is 114. The summed E-state index contributed by atoms with van der Waals surface area (Å²) in [6.07, 6.45) is -121. The lowest BCUT2D eigenvalue weighted by Crippen LogP contribution is -2.71. The topological polar surface area (TPSA) is 947 Å². The minimum absolute atomic E-state index is 0.886. The summed E-state index contributed by atoms with van der Waals surface area (Å²) in [4.78, 5) is 40.7. The molecule has 0 aromatic carbocycles. The van der Waals surface area contributed by atoms with Gasteiger partial charge in [0.05, 0.1) is 77.8 Å². The average molecular weight is 2040 g/mol. The third-order valence-corrected chi connectivity index (χ3v) is 26.2. The van der Waals surface area contributed by atoms with E-state index in [-0.39, 0.29) is 0 Å². The van der Waals surface area contributed by atoms with Gasteiger partial charge in [-0.15, -0.1) is 0 Å². The summed E-state index contributed by atoms with van der Waals surface area (Å²) in [5.41, 5.74) is 0. The van der Waals surface area contributed by atoms with Crippen molar-refractivity contribution in [2.75, 3.05) is 59.5 Å². The Morgan fingerprint density at radius 1 is 0.201 bits per heavy atom. The van der Waals surface area contributed by atoms with E-state index in [0.29, 0.717) is 0 Å².